The maximum Gasteiger partial charge on any atom is 0.309 e. The number of aliphatic hydroxyl groups is 2. The number of aliphatic hydroxyl groups excluding tert-OH is 2. The summed E-state index contributed by atoms with van der Waals surface area (Å²) in [5, 5.41) is 24.6. The highest BCUT2D eigenvalue weighted by Gasteiger charge is 2.42. The smallest absolute Gasteiger partial charge is 0.309 e. The van der Waals surface area contributed by atoms with Gasteiger partial charge in [0.05, 0.1) is 34.7 Å². The lowest BCUT2D eigenvalue weighted by Crippen LogP contribution is -2.45. The van der Waals surface area contributed by atoms with Gasteiger partial charge in [-0.25, -0.2) is 4.98 Å². The molecule has 0 saturated heterocycles. The van der Waals surface area contributed by atoms with E-state index in [0.29, 0.717) is 6.42 Å². The summed E-state index contributed by atoms with van der Waals surface area (Å²) in [6.07, 6.45) is 8.74. The fraction of sp³-hybridized carbons (Fsp3) is 0.679. The molecular formula is C28H43NO5S. The predicted molar refractivity (Wildman–Crippen MR) is 141 cm³/mol. The average molecular weight is 506 g/mol. The lowest BCUT2D eigenvalue weighted by molar-refractivity contribution is -0.154. The van der Waals surface area contributed by atoms with Gasteiger partial charge >= 0.3 is 5.97 Å². The number of nitrogens with zero attached hydrogens (tertiary/aromatic N) is 1. The number of ether oxygens (including phenoxy) is 1. The van der Waals surface area contributed by atoms with Crippen LogP contribution in [0.25, 0.3) is 6.08 Å². The van der Waals surface area contributed by atoms with E-state index in [2.05, 4.69) is 11.1 Å². The molecule has 1 aromatic rings. The van der Waals surface area contributed by atoms with Crippen LogP contribution in [-0.4, -0.2) is 45.3 Å². The highest BCUT2D eigenvalue weighted by atomic mass is 32.1. The summed E-state index contributed by atoms with van der Waals surface area (Å²) in [4.78, 5) is 30.5. The summed E-state index contributed by atoms with van der Waals surface area (Å²) in [5.74, 6) is -1.44. The predicted octanol–water partition coefficient (Wildman–Crippen LogP) is 5.66. The van der Waals surface area contributed by atoms with Gasteiger partial charge in [0.1, 0.15) is 11.9 Å². The molecule has 1 aliphatic rings. The number of allylic oxidation sites excluding steroid dienone is 1. The Kier molecular flexibility index (Phi) is 11.3. The molecule has 5 atom stereocenters. The minimum absolute atomic E-state index is 0.0155. The molecule has 0 saturated carbocycles. The zero-order chi connectivity index (χ0) is 26.2. The third-order valence-corrected chi connectivity index (χ3v) is 7.97. The van der Waals surface area contributed by atoms with E-state index in [1.54, 1.807) is 32.1 Å². The molecule has 0 unspecified atom stereocenters. The lowest BCUT2D eigenvalue weighted by Gasteiger charge is -2.34. The van der Waals surface area contributed by atoms with Gasteiger partial charge in [-0.15, -0.1) is 11.3 Å². The number of aryl methyl sites for hydroxylation is 1. The second-order valence-electron chi connectivity index (χ2n) is 10.6. The van der Waals surface area contributed by atoms with Crippen molar-refractivity contribution in [2.24, 2.45) is 17.3 Å². The van der Waals surface area contributed by atoms with Crippen LogP contribution in [-0.2, 0) is 14.3 Å². The Bertz CT molecular complexity index is 903. The van der Waals surface area contributed by atoms with Gasteiger partial charge in [0.25, 0.3) is 0 Å². The number of hydrogen-bond acceptors (Lipinski definition) is 7. The molecule has 2 heterocycles. The molecule has 0 aromatic carbocycles. The number of carbonyl (C=O) groups excluding carboxylic acids is 2. The first-order chi connectivity index (χ1) is 16.4. The van der Waals surface area contributed by atoms with E-state index in [1.807, 2.05) is 38.3 Å². The molecule has 1 aliphatic heterocycles. The van der Waals surface area contributed by atoms with Crippen molar-refractivity contribution in [3.63, 3.8) is 0 Å². The maximum atomic E-state index is 13.2. The Hall–Kier alpha value is -1.83. The highest BCUT2D eigenvalue weighted by molar-refractivity contribution is 7.09. The van der Waals surface area contributed by atoms with Crippen molar-refractivity contribution >= 4 is 29.2 Å². The molecule has 2 rings (SSSR count). The van der Waals surface area contributed by atoms with Crippen LogP contribution in [0.2, 0.25) is 0 Å². The van der Waals surface area contributed by atoms with Gasteiger partial charge in [0.2, 0.25) is 0 Å². The number of hydrogen-bond donors (Lipinski definition) is 2. The van der Waals surface area contributed by atoms with E-state index in [1.165, 1.54) is 0 Å². The van der Waals surface area contributed by atoms with Crippen LogP contribution >= 0.6 is 11.3 Å². The third-order valence-electron chi connectivity index (χ3n) is 7.18. The molecule has 35 heavy (non-hydrogen) atoms. The lowest BCUT2D eigenvalue weighted by atomic mass is 9.73. The monoisotopic (exact) mass is 505 g/mol. The normalized spacial score (nSPS) is 30.4. The van der Waals surface area contributed by atoms with Crippen molar-refractivity contribution < 1.29 is 24.5 Å². The number of esters is 1. The van der Waals surface area contributed by atoms with E-state index >= 15 is 0 Å². The number of Topliss-reactive ketones (excluding diaryl/α,β-unsaturated/α-hetero) is 1. The van der Waals surface area contributed by atoms with Crippen LogP contribution in [0, 0.1) is 24.2 Å². The molecule has 0 spiro atoms. The average Bonchev–Trinajstić information content (AvgIpc) is 3.21. The molecule has 196 valence electrons. The minimum Gasteiger partial charge on any atom is -0.457 e. The van der Waals surface area contributed by atoms with Crippen LogP contribution in [0.3, 0.4) is 0 Å². The summed E-state index contributed by atoms with van der Waals surface area (Å²) in [6.45, 7) is 10.8. The zero-order valence-corrected chi connectivity index (χ0v) is 22.9. The Morgan fingerprint density at radius 1 is 1.17 bits per heavy atom. The molecule has 0 aliphatic carbocycles. The molecule has 6 nitrogen and oxygen atoms in total. The molecule has 0 amide bonds. The minimum atomic E-state index is -1.21. The van der Waals surface area contributed by atoms with Crippen LogP contribution in [0.1, 0.15) is 90.3 Å². The third kappa shape index (κ3) is 8.65. The molecule has 2 N–H and O–H groups in total. The van der Waals surface area contributed by atoms with Crippen LogP contribution < -0.4 is 0 Å². The molecule has 1 aromatic heterocycles. The van der Waals surface area contributed by atoms with E-state index in [4.69, 9.17) is 4.74 Å². The van der Waals surface area contributed by atoms with Gasteiger partial charge < -0.3 is 14.9 Å². The second kappa shape index (κ2) is 13.5. The van der Waals surface area contributed by atoms with Gasteiger partial charge in [0, 0.05) is 17.7 Å². The van der Waals surface area contributed by atoms with Gasteiger partial charge in [-0.3, -0.25) is 9.59 Å². The number of cyclic esters (lactones) is 1. The largest absolute Gasteiger partial charge is 0.457 e. The fourth-order valence-electron chi connectivity index (χ4n) is 4.53. The van der Waals surface area contributed by atoms with Crippen molar-refractivity contribution in [3.8, 4) is 0 Å². The quantitative estimate of drug-likeness (QED) is 0.398. The summed E-state index contributed by atoms with van der Waals surface area (Å²) in [5.41, 5.74) is 0.513. The maximum absolute atomic E-state index is 13.2. The standard InChI is InChI=1S/C28H43NO5S/c1-18-13-11-9-7-8-10-12-14-23(19(2)15-22-17-35-21(4)29-22)34-25(31)16-24(30)28(5,6)27(33)20(3)26(18)32/h10,12,15,17-18,20,23-24,26,30,32H,7-9,11,13-14,16H2,1-6H3/b12-10?,19-15+/t18-,20+,23-,24-,26-/m0/s1. The fourth-order valence-corrected chi connectivity index (χ4v) is 5.10. The molecule has 0 fully saturated rings. The Morgan fingerprint density at radius 3 is 2.54 bits per heavy atom. The SMILES string of the molecule is C/C(=C\c1csc(C)n1)[C@@H]1CC=CCCCCC[C@H](C)[C@H](O)[C@@H](C)C(=O)C(C)(C)[C@@H](O)CC(=O)O1. The van der Waals surface area contributed by atoms with E-state index in [0.717, 1.165) is 48.4 Å². The Morgan fingerprint density at radius 2 is 1.89 bits per heavy atom. The molecule has 0 radical (unpaired) electrons. The highest BCUT2D eigenvalue weighted by Crippen LogP contribution is 2.32. The van der Waals surface area contributed by atoms with Crippen molar-refractivity contribution in [3.05, 3.63) is 33.8 Å². The van der Waals surface area contributed by atoms with Crippen LogP contribution in [0.4, 0.5) is 0 Å². The first-order valence-electron chi connectivity index (χ1n) is 12.8. The number of rotatable bonds is 2. The number of carbonyl (C=O) groups is 2. The topological polar surface area (TPSA) is 96.7 Å². The summed E-state index contributed by atoms with van der Waals surface area (Å²) < 4.78 is 5.80. The Balaban J connectivity index is 2.25. The van der Waals surface area contributed by atoms with E-state index in [9.17, 15) is 19.8 Å². The molecule has 7 heteroatoms. The van der Waals surface area contributed by atoms with Gasteiger partial charge in [-0.05, 0) is 50.7 Å². The van der Waals surface area contributed by atoms with Crippen molar-refractivity contribution in [1.29, 1.82) is 0 Å². The molecule has 0 bridgehead atoms. The van der Waals surface area contributed by atoms with Gasteiger partial charge in [-0.1, -0.05) is 52.7 Å². The van der Waals surface area contributed by atoms with Crippen molar-refractivity contribution in [2.75, 3.05) is 0 Å². The zero-order valence-electron chi connectivity index (χ0n) is 22.1. The van der Waals surface area contributed by atoms with Gasteiger partial charge in [-0.2, -0.15) is 0 Å². The summed E-state index contributed by atoms with van der Waals surface area (Å²) in [7, 11) is 0. The summed E-state index contributed by atoms with van der Waals surface area (Å²) >= 11 is 1.56. The van der Waals surface area contributed by atoms with E-state index < -0.39 is 35.6 Å². The van der Waals surface area contributed by atoms with Crippen LogP contribution in [0.15, 0.2) is 23.1 Å². The number of thiazole rings is 1. The van der Waals surface area contributed by atoms with E-state index in [-0.39, 0.29) is 18.1 Å². The van der Waals surface area contributed by atoms with Crippen LogP contribution in [0.5, 0.6) is 0 Å². The Labute approximate surface area is 214 Å². The first kappa shape index (κ1) is 29.4. The van der Waals surface area contributed by atoms with Gasteiger partial charge in [0.15, 0.2) is 0 Å². The van der Waals surface area contributed by atoms with Crippen molar-refractivity contribution in [2.45, 2.75) is 105 Å². The second-order valence-corrected chi connectivity index (χ2v) is 11.6. The molecular weight excluding hydrogens is 462 g/mol. The number of aromatic nitrogens is 1. The first-order valence-corrected chi connectivity index (χ1v) is 13.7. The number of ketones is 1. The summed E-state index contributed by atoms with van der Waals surface area (Å²) in [6, 6.07) is 0. The van der Waals surface area contributed by atoms with Crippen molar-refractivity contribution in [1.82, 2.24) is 4.98 Å².